The highest BCUT2D eigenvalue weighted by molar-refractivity contribution is 4.81. The zero-order valence-corrected chi connectivity index (χ0v) is 12.6. The molecule has 1 fully saturated rings. The molecule has 0 saturated carbocycles. The lowest BCUT2D eigenvalue weighted by molar-refractivity contribution is 0.159. The maximum Gasteiger partial charge on any atom is 0.0105 e. The van der Waals surface area contributed by atoms with Crippen LogP contribution in [0, 0.1) is 11.3 Å². The molecule has 2 heteroatoms. The van der Waals surface area contributed by atoms with Gasteiger partial charge in [-0.05, 0) is 63.7 Å². The van der Waals surface area contributed by atoms with Crippen LogP contribution in [0.3, 0.4) is 0 Å². The van der Waals surface area contributed by atoms with Crippen LogP contribution in [0.25, 0.3) is 0 Å². The summed E-state index contributed by atoms with van der Waals surface area (Å²) in [6.45, 7) is 16.6. The van der Waals surface area contributed by atoms with Gasteiger partial charge in [0.2, 0.25) is 0 Å². The fraction of sp³-hybridized carbons (Fsp3) is 1.00. The SMILES string of the molecule is CCNCC(C)C(C)N1CCCC(C)(C)CC1. The summed E-state index contributed by atoms with van der Waals surface area (Å²) in [6, 6.07) is 0.711. The molecule has 0 spiro atoms. The Kier molecular flexibility index (Phi) is 5.94. The summed E-state index contributed by atoms with van der Waals surface area (Å²) in [4.78, 5) is 2.71. The van der Waals surface area contributed by atoms with Crippen LogP contribution in [0.4, 0.5) is 0 Å². The zero-order chi connectivity index (χ0) is 12.9. The van der Waals surface area contributed by atoms with Crippen molar-refractivity contribution < 1.29 is 0 Å². The summed E-state index contributed by atoms with van der Waals surface area (Å²) in [7, 11) is 0. The van der Waals surface area contributed by atoms with Gasteiger partial charge in [-0.25, -0.2) is 0 Å². The highest BCUT2D eigenvalue weighted by Gasteiger charge is 2.27. The van der Waals surface area contributed by atoms with Gasteiger partial charge in [0, 0.05) is 6.04 Å². The van der Waals surface area contributed by atoms with Gasteiger partial charge >= 0.3 is 0 Å². The Morgan fingerprint density at radius 1 is 1.18 bits per heavy atom. The maximum atomic E-state index is 3.47. The molecule has 1 N–H and O–H groups in total. The Labute approximate surface area is 108 Å². The second kappa shape index (κ2) is 6.75. The molecule has 0 aromatic rings. The van der Waals surface area contributed by atoms with Crippen molar-refractivity contribution in [2.45, 2.75) is 59.9 Å². The van der Waals surface area contributed by atoms with Gasteiger partial charge in [0.25, 0.3) is 0 Å². The van der Waals surface area contributed by atoms with Crippen molar-refractivity contribution in [2.24, 2.45) is 11.3 Å². The molecule has 0 aromatic carbocycles. The standard InChI is InChI=1S/C15H32N2/c1-6-16-12-13(2)14(3)17-10-7-8-15(4,5)9-11-17/h13-14,16H,6-12H2,1-5H3. The fourth-order valence-electron chi connectivity index (χ4n) is 2.75. The molecule has 1 saturated heterocycles. The summed E-state index contributed by atoms with van der Waals surface area (Å²) < 4.78 is 0. The molecular weight excluding hydrogens is 208 g/mol. The minimum atomic E-state index is 0.555. The van der Waals surface area contributed by atoms with Crippen molar-refractivity contribution in [3.05, 3.63) is 0 Å². The van der Waals surface area contributed by atoms with Gasteiger partial charge in [-0.3, -0.25) is 0 Å². The van der Waals surface area contributed by atoms with E-state index < -0.39 is 0 Å². The first-order valence-electron chi connectivity index (χ1n) is 7.41. The predicted octanol–water partition coefficient (Wildman–Crippen LogP) is 3.13. The van der Waals surface area contributed by atoms with Crippen LogP contribution in [0.2, 0.25) is 0 Å². The molecule has 1 aliphatic heterocycles. The highest BCUT2D eigenvalue weighted by Crippen LogP contribution is 2.31. The van der Waals surface area contributed by atoms with E-state index in [2.05, 4.69) is 44.8 Å². The first-order chi connectivity index (χ1) is 7.96. The summed E-state index contributed by atoms with van der Waals surface area (Å²) in [6.07, 6.45) is 4.11. The van der Waals surface area contributed by atoms with Crippen LogP contribution < -0.4 is 5.32 Å². The second-order valence-corrected chi connectivity index (χ2v) is 6.58. The minimum absolute atomic E-state index is 0.555. The summed E-state index contributed by atoms with van der Waals surface area (Å²) in [5, 5.41) is 3.47. The van der Waals surface area contributed by atoms with E-state index >= 15 is 0 Å². The summed E-state index contributed by atoms with van der Waals surface area (Å²) in [5.41, 5.74) is 0.555. The van der Waals surface area contributed by atoms with E-state index in [0.29, 0.717) is 11.5 Å². The van der Waals surface area contributed by atoms with Crippen molar-refractivity contribution in [1.82, 2.24) is 10.2 Å². The van der Waals surface area contributed by atoms with Crippen LogP contribution in [0.15, 0.2) is 0 Å². The molecule has 0 aliphatic carbocycles. The fourth-order valence-corrected chi connectivity index (χ4v) is 2.75. The van der Waals surface area contributed by atoms with E-state index in [-0.39, 0.29) is 0 Å². The molecule has 0 aromatic heterocycles. The Bertz CT molecular complexity index is 213. The number of nitrogens with zero attached hydrogens (tertiary/aromatic N) is 1. The molecular formula is C15H32N2. The third-order valence-electron chi connectivity index (χ3n) is 4.49. The van der Waals surface area contributed by atoms with Gasteiger partial charge in [0.15, 0.2) is 0 Å². The molecule has 2 nitrogen and oxygen atoms in total. The first-order valence-corrected chi connectivity index (χ1v) is 7.41. The smallest absolute Gasteiger partial charge is 0.0105 e. The number of hydrogen-bond donors (Lipinski definition) is 1. The van der Waals surface area contributed by atoms with Crippen molar-refractivity contribution in [1.29, 1.82) is 0 Å². The largest absolute Gasteiger partial charge is 0.317 e. The van der Waals surface area contributed by atoms with E-state index in [0.717, 1.165) is 19.0 Å². The molecule has 0 amide bonds. The van der Waals surface area contributed by atoms with Gasteiger partial charge in [0.1, 0.15) is 0 Å². The van der Waals surface area contributed by atoms with Crippen LogP contribution in [-0.2, 0) is 0 Å². The molecule has 2 unspecified atom stereocenters. The third kappa shape index (κ3) is 4.97. The van der Waals surface area contributed by atoms with Gasteiger partial charge in [-0.15, -0.1) is 0 Å². The van der Waals surface area contributed by atoms with Crippen LogP contribution in [-0.4, -0.2) is 37.1 Å². The number of likely N-dealkylation sites (tertiary alicyclic amines) is 1. The summed E-state index contributed by atoms with van der Waals surface area (Å²) in [5.74, 6) is 0.746. The number of rotatable bonds is 5. The topological polar surface area (TPSA) is 15.3 Å². The summed E-state index contributed by atoms with van der Waals surface area (Å²) >= 11 is 0. The highest BCUT2D eigenvalue weighted by atomic mass is 15.2. The quantitative estimate of drug-likeness (QED) is 0.794. The van der Waals surface area contributed by atoms with Crippen LogP contribution in [0.5, 0.6) is 0 Å². The maximum absolute atomic E-state index is 3.47. The van der Waals surface area contributed by atoms with Crippen LogP contribution in [0.1, 0.15) is 53.9 Å². The average Bonchev–Trinajstić information content (AvgIpc) is 2.46. The Hall–Kier alpha value is -0.0800. The molecule has 0 bridgehead atoms. The minimum Gasteiger partial charge on any atom is -0.317 e. The lowest BCUT2D eigenvalue weighted by Gasteiger charge is -2.33. The number of nitrogens with one attached hydrogen (secondary N) is 1. The second-order valence-electron chi connectivity index (χ2n) is 6.58. The van der Waals surface area contributed by atoms with Crippen molar-refractivity contribution in [2.75, 3.05) is 26.2 Å². The van der Waals surface area contributed by atoms with Gasteiger partial charge in [-0.1, -0.05) is 27.7 Å². The molecule has 1 rings (SSSR count). The van der Waals surface area contributed by atoms with E-state index in [1.165, 1.54) is 32.4 Å². The van der Waals surface area contributed by atoms with E-state index in [4.69, 9.17) is 0 Å². The Balaban J connectivity index is 2.43. The van der Waals surface area contributed by atoms with Gasteiger partial charge in [0.05, 0.1) is 0 Å². The van der Waals surface area contributed by atoms with Crippen molar-refractivity contribution in [3.8, 4) is 0 Å². The van der Waals surface area contributed by atoms with E-state index in [9.17, 15) is 0 Å². The van der Waals surface area contributed by atoms with Gasteiger partial charge < -0.3 is 10.2 Å². The van der Waals surface area contributed by atoms with E-state index in [1.54, 1.807) is 0 Å². The molecule has 0 radical (unpaired) electrons. The monoisotopic (exact) mass is 240 g/mol. The molecule has 1 aliphatic rings. The first kappa shape index (κ1) is 15.0. The zero-order valence-electron chi connectivity index (χ0n) is 12.6. The lowest BCUT2D eigenvalue weighted by atomic mass is 9.85. The van der Waals surface area contributed by atoms with Crippen molar-refractivity contribution >= 4 is 0 Å². The normalized spacial score (nSPS) is 25.2. The average molecular weight is 240 g/mol. The number of hydrogen-bond acceptors (Lipinski definition) is 2. The van der Waals surface area contributed by atoms with Crippen LogP contribution >= 0.6 is 0 Å². The molecule has 2 atom stereocenters. The molecule has 1 heterocycles. The van der Waals surface area contributed by atoms with Gasteiger partial charge in [-0.2, -0.15) is 0 Å². The lowest BCUT2D eigenvalue weighted by Crippen LogP contribution is -2.42. The predicted molar refractivity (Wildman–Crippen MR) is 76.4 cm³/mol. The molecule has 17 heavy (non-hydrogen) atoms. The Morgan fingerprint density at radius 3 is 2.53 bits per heavy atom. The Morgan fingerprint density at radius 2 is 1.88 bits per heavy atom. The molecule has 102 valence electrons. The van der Waals surface area contributed by atoms with E-state index in [1.807, 2.05) is 0 Å². The third-order valence-corrected chi connectivity index (χ3v) is 4.49. The van der Waals surface area contributed by atoms with Crippen molar-refractivity contribution in [3.63, 3.8) is 0 Å².